The molecule has 2 nitrogen and oxygen atoms in total. The lowest BCUT2D eigenvalue weighted by Crippen LogP contribution is -2.29. The van der Waals surface area contributed by atoms with Crippen molar-refractivity contribution in [2.75, 3.05) is 11.4 Å². The van der Waals surface area contributed by atoms with Gasteiger partial charge in [0.25, 0.3) is 0 Å². The minimum Gasteiger partial charge on any atom is -0.353 e. The largest absolute Gasteiger partial charge is 0.353 e. The number of pyridine rings is 1. The van der Waals surface area contributed by atoms with Crippen LogP contribution in [0.3, 0.4) is 0 Å². The summed E-state index contributed by atoms with van der Waals surface area (Å²) in [4.78, 5) is 7.12. The average Bonchev–Trinajstić information content (AvgIpc) is 3.15. The van der Waals surface area contributed by atoms with E-state index >= 15 is 0 Å². The first-order chi connectivity index (χ1) is 8.61. The van der Waals surface area contributed by atoms with Gasteiger partial charge in [-0.3, -0.25) is 0 Å². The monoisotopic (exact) mass is 266 g/mol. The Morgan fingerprint density at radius 3 is 2.67 bits per heavy atom. The van der Waals surface area contributed by atoms with Gasteiger partial charge in [-0.1, -0.05) is 13.8 Å². The number of nitrogens with zero attached hydrogens (tertiary/aromatic N) is 2. The third kappa shape index (κ3) is 3.38. The molecule has 0 atom stereocenters. The molecule has 1 heterocycles. The zero-order valence-corrected chi connectivity index (χ0v) is 12.4. The van der Waals surface area contributed by atoms with Crippen LogP contribution in [0.25, 0.3) is 0 Å². The molecule has 1 aliphatic rings. The Morgan fingerprint density at radius 1 is 1.44 bits per heavy atom. The predicted octanol–water partition coefficient (Wildman–Crippen LogP) is 4.14. The molecule has 0 N–H and O–H groups in total. The van der Waals surface area contributed by atoms with Gasteiger partial charge in [0.05, 0.1) is 0 Å². The first-order valence-corrected chi connectivity index (χ1v) is 7.43. The van der Waals surface area contributed by atoms with Gasteiger partial charge in [0.15, 0.2) is 0 Å². The fraction of sp³-hybridized carbons (Fsp3) is 0.667. The van der Waals surface area contributed by atoms with Crippen molar-refractivity contribution >= 4 is 17.4 Å². The normalized spacial score (nSPS) is 15.2. The van der Waals surface area contributed by atoms with Gasteiger partial charge in [-0.05, 0) is 49.3 Å². The van der Waals surface area contributed by atoms with Crippen molar-refractivity contribution in [1.29, 1.82) is 0 Å². The van der Waals surface area contributed by atoms with E-state index in [1.807, 2.05) is 6.20 Å². The van der Waals surface area contributed by atoms with E-state index < -0.39 is 0 Å². The molecule has 0 radical (unpaired) electrons. The fourth-order valence-corrected chi connectivity index (χ4v) is 2.39. The molecule has 0 saturated heterocycles. The third-order valence-corrected chi connectivity index (χ3v) is 3.78. The van der Waals surface area contributed by atoms with Crippen LogP contribution in [0.4, 0.5) is 5.82 Å². The maximum atomic E-state index is 5.85. The van der Waals surface area contributed by atoms with E-state index in [-0.39, 0.29) is 0 Å². The fourth-order valence-electron chi connectivity index (χ4n) is 2.24. The Labute approximate surface area is 115 Å². The summed E-state index contributed by atoms with van der Waals surface area (Å²) in [5.41, 5.74) is 2.36. The van der Waals surface area contributed by atoms with Gasteiger partial charge < -0.3 is 4.90 Å². The van der Waals surface area contributed by atoms with Crippen LogP contribution in [0, 0.1) is 12.8 Å². The molecule has 3 heteroatoms. The Hall–Kier alpha value is -0.760. The number of hydrogen-bond donors (Lipinski definition) is 0. The van der Waals surface area contributed by atoms with E-state index in [4.69, 9.17) is 11.6 Å². The van der Waals surface area contributed by atoms with Crippen molar-refractivity contribution in [3.8, 4) is 0 Å². The number of alkyl halides is 1. The van der Waals surface area contributed by atoms with Crippen molar-refractivity contribution in [3.63, 3.8) is 0 Å². The molecule has 18 heavy (non-hydrogen) atoms. The maximum Gasteiger partial charge on any atom is 0.131 e. The van der Waals surface area contributed by atoms with Crippen LogP contribution in [0.15, 0.2) is 12.3 Å². The van der Waals surface area contributed by atoms with Crippen molar-refractivity contribution in [2.24, 2.45) is 5.92 Å². The van der Waals surface area contributed by atoms with E-state index in [2.05, 4.69) is 36.7 Å². The zero-order chi connectivity index (χ0) is 13.1. The van der Waals surface area contributed by atoms with E-state index in [1.54, 1.807) is 0 Å². The molecule has 1 fully saturated rings. The molecule has 0 spiro atoms. The first-order valence-electron chi connectivity index (χ1n) is 6.90. The van der Waals surface area contributed by atoms with Gasteiger partial charge in [-0.15, -0.1) is 11.6 Å². The molecule has 0 aromatic carbocycles. The molecule has 0 amide bonds. The van der Waals surface area contributed by atoms with Gasteiger partial charge in [0, 0.05) is 24.7 Å². The highest BCUT2D eigenvalue weighted by Gasteiger charge is 2.30. The molecule has 1 aromatic rings. The van der Waals surface area contributed by atoms with Crippen LogP contribution in [-0.2, 0) is 5.88 Å². The minimum atomic E-state index is 0.545. The van der Waals surface area contributed by atoms with Crippen LogP contribution in [-0.4, -0.2) is 17.6 Å². The minimum absolute atomic E-state index is 0.545. The Morgan fingerprint density at radius 2 is 2.17 bits per heavy atom. The second-order valence-electron chi connectivity index (χ2n) is 5.72. The predicted molar refractivity (Wildman–Crippen MR) is 78.4 cm³/mol. The summed E-state index contributed by atoms with van der Waals surface area (Å²) >= 11 is 5.85. The maximum absolute atomic E-state index is 5.85. The van der Waals surface area contributed by atoms with Crippen molar-refractivity contribution in [3.05, 3.63) is 23.4 Å². The highest BCUT2D eigenvalue weighted by molar-refractivity contribution is 6.17. The molecule has 0 bridgehead atoms. The summed E-state index contributed by atoms with van der Waals surface area (Å²) < 4.78 is 0. The summed E-state index contributed by atoms with van der Waals surface area (Å²) in [6.07, 6.45) is 5.78. The standard InChI is InChI=1S/C15H23ClN2/c1-11(2)6-7-18(14-4-5-14)15-12(3)8-13(9-16)10-17-15/h8,10-11,14H,4-7,9H2,1-3H3. The van der Waals surface area contributed by atoms with Gasteiger partial charge in [-0.25, -0.2) is 4.98 Å². The molecule has 1 aromatic heterocycles. The Balaban J connectivity index is 2.14. The molecular formula is C15H23ClN2. The van der Waals surface area contributed by atoms with E-state index in [9.17, 15) is 0 Å². The zero-order valence-electron chi connectivity index (χ0n) is 11.6. The summed E-state index contributed by atoms with van der Waals surface area (Å²) in [6, 6.07) is 2.89. The summed E-state index contributed by atoms with van der Waals surface area (Å²) in [6.45, 7) is 7.82. The van der Waals surface area contributed by atoms with Crippen LogP contribution >= 0.6 is 11.6 Å². The molecule has 0 aliphatic heterocycles. The average molecular weight is 267 g/mol. The number of aryl methyl sites for hydroxylation is 1. The lowest BCUT2D eigenvalue weighted by molar-refractivity contribution is 0.568. The highest BCUT2D eigenvalue weighted by Crippen LogP contribution is 2.33. The van der Waals surface area contributed by atoms with E-state index in [0.29, 0.717) is 5.88 Å². The number of aromatic nitrogens is 1. The van der Waals surface area contributed by atoms with Crippen molar-refractivity contribution in [2.45, 2.75) is 52.0 Å². The van der Waals surface area contributed by atoms with Gasteiger partial charge in [0.2, 0.25) is 0 Å². The van der Waals surface area contributed by atoms with Crippen LogP contribution in [0.5, 0.6) is 0 Å². The van der Waals surface area contributed by atoms with E-state index in [1.165, 1.54) is 24.8 Å². The van der Waals surface area contributed by atoms with E-state index in [0.717, 1.165) is 29.9 Å². The van der Waals surface area contributed by atoms with Crippen LogP contribution in [0.2, 0.25) is 0 Å². The van der Waals surface area contributed by atoms with Crippen LogP contribution < -0.4 is 4.90 Å². The van der Waals surface area contributed by atoms with Gasteiger partial charge >= 0.3 is 0 Å². The Bertz CT molecular complexity index is 399. The summed E-state index contributed by atoms with van der Waals surface area (Å²) in [7, 11) is 0. The second kappa shape index (κ2) is 5.92. The van der Waals surface area contributed by atoms with Crippen LogP contribution in [0.1, 0.15) is 44.2 Å². The van der Waals surface area contributed by atoms with Crippen molar-refractivity contribution < 1.29 is 0 Å². The number of halogens is 1. The first kappa shape index (κ1) is 13.7. The lowest BCUT2D eigenvalue weighted by Gasteiger charge is -2.26. The number of anilines is 1. The lowest BCUT2D eigenvalue weighted by atomic mass is 10.1. The smallest absolute Gasteiger partial charge is 0.131 e. The molecule has 1 saturated carbocycles. The van der Waals surface area contributed by atoms with Gasteiger partial charge in [-0.2, -0.15) is 0 Å². The van der Waals surface area contributed by atoms with Crippen molar-refractivity contribution in [1.82, 2.24) is 4.98 Å². The topological polar surface area (TPSA) is 16.1 Å². The molecule has 2 rings (SSSR count). The number of rotatable bonds is 6. The summed E-state index contributed by atoms with van der Waals surface area (Å²) in [5, 5.41) is 0. The third-order valence-electron chi connectivity index (χ3n) is 3.47. The van der Waals surface area contributed by atoms with Gasteiger partial charge in [0.1, 0.15) is 5.82 Å². The number of hydrogen-bond acceptors (Lipinski definition) is 2. The molecule has 100 valence electrons. The SMILES string of the molecule is Cc1cc(CCl)cnc1N(CCC(C)C)C1CC1. The second-order valence-corrected chi connectivity index (χ2v) is 5.99. The molecular weight excluding hydrogens is 244 g/mol. The quantitative estimate of drug-likeness (QED) is 0.720. The summed E-state index contributed by atoms with van der Waals surface area (Å²) in [5.74, 6) is 2.45. The molecule has 0 unspecified atom stereocenters. The highest BCUT2D eigenvalue weighted by atomic mass is 35.5. The Kier molecular flexibility index (Phi) is 4.50. The molecule has 1 aliphatic carbocycles.